The molecule has 0 saturated heterocycles. The molecule has 2 unspecified atom stereocenters. The first kappa shape index (κ1) is 17.9. The van der Waals surface area contributed by atoms with Gasteiger partial charge in [0.2, 0.25) is 0 Å². The molecule has 1 aromatic carbocycles. The number of ether oxygens (including phenoxy) is 1. The van der Waals surface area contributed by atoms with E-state index in [1.165, 1.54) is 12.4 Å². The quantitative estimate of drug-likeness (QED) is 0.786. The van der Waals surface area contributed by atoms with Crippen molar-refractivity contribution in [2.24, 2.45) is 0 Å². The molecule has 8 heteroatoms. The number of nitrogens with zero attached hydrogens (tertiary/aromatic N) is 2. The smallest absolute Gasteiger partial charge is 0.389 e. The van der Waals surface area contributed by atoms with E-state index in [9.17, 15) is 18.3 Å². The molecule has 0 aliphatic heterocycles. The lowest BCUT2D eigenvalue weighted by Gasteiger charge is -2.16. The Bertz CT molecular complexity index is 738. The topological polar surface area (TPSA) is 55.2 Å². The van der Waals surface area contributed by atoms with Gasteiger partial charge in [-0.1, -0.05) is 23.7 Å². The number of aromatic nitrogens is 2. The highest BCUT2D eigenvalue weighted by molar-refractivity contribution is 6.30. The van der Waals surface area contributed by atoms with Crippen LogP contribution in [0, 0.1) is 0 Å². The Morgan fingerprint density at radius 2 is 1.96 bits per heavy atom. The highest BCUT2D eigenvalue weighted by Crippen LogP contribution is 2.48. The van der Waals surface area contributed by atoms with Gasteiger partial charge in [0, 0.05) is 12.0 Å². The van der Waals surface area contributed by atoms with Crippen molar-refractivity contribution in [2.75, 3.05) is 0 Å². The second-order valence-electron chi connectivity index (χ2n) is 6.00. The second kappa shape index (κ2) is 7.17. The molecule has 1 aromatic heterocycles. The van der Waals surface area contributed by atoms with Crippen LogP contribution in [0.1, 0.15) is 48.8 Å². The molecule has 25 heavy (non-hydrogen) atoms. The van der Waals surface area contributed by atoms with Gasteiger partial charge in [-0.15, -0.1) is 0 Å². The Kier molecular flexibility index (Phi) is 5.15. The first-order valence-electron chi connectivity index (χ1n) is 7.86. The van der Waals surface area contributed by atoms with Gasteiger partial charge in [0.05, 0.1) is 23.5 Å². The van der Waals surface area contributed by atoms with E-state index in [1.54, 1.807) is 18.2 Å². The number of aliphatic hydroxyl groups is 1. The third-order valence-corrected chi connectivity index (χ3v) is 4.38. The van der Waals surface area contributed by atoms with Crippen molar-refractivity contribution in [1.29, 1.82) is 0 Å². The summed E-state index contributed by atoms with van der Waals surface area (Å²) in [6, 6.07) is 5.28. The first-order valence-corrected chi connectivity index (χ1v) is 8.24. The Hall–Kier alpha value is -1.86. The van der Waals surface area contributed by atoms with Crippen LogP contribution in [0.2, 0.25) is 5.02 Å². The van der Waals surface area contributed by atoms with Crippen molar-refractivity contribution >= 4 is 11.6 Å². The van der Waals surface area contributed by atoms with Gasteiger partial charge in [0.15, 0.2) is 0 Å². The van der Waals surface area contributed by atoms with Gasteiger partial charge < -0.3 is 9.84 Å². The molecule has 1 aliphatic carbocycles. The van der Waals surface area contributed by atoms with E-state index in [0.29, 0.717) is 29.2 Å². The summed E-state index contributed by atoms with van der Waals surface area (Å²) >= 11 is 5.74. The maximum atomic E-state index is 12.4. The highest BCUT2D eigenvalue weighted by Gasteiger charge is 2.34. The Balaban J connectivity index is 1.80. The third-order valence-electron chi connectivity index (χ3n) is 4.19. The van der Waals surface area contributed by atoms with Crippen LogP contribution in [0.4, 0.5) is 13.2 Å². The van der Waals surface area contributed by atoms with Gasteiger partial charge in [0.1, 0.15) is 5.75 Å². The molecule has 2 atom stereocenters. The van der Waals surface area contributed by atoms with E-state index in [2.05, 4.69) is 9.97 Å². The second-order valence-corrected chi connectivity index (χ2v) is 6.44. The van der Waals surface area contributed by atoms with Crippen LogP contribution in [0.5, 0.6) is 11.8 Å². The molecule has 0 bridgehead atoms. The zero-order valence-electron chi connectivity index (χ0n) is 13.1. The summed E-state index contributed by atoms with van der Waals surface area (Å²) in [5, 5.41) is 10.6. The first-order chi connectivity index (χ1) is 11.8. The van der Waals surface area contributed by atoms with Crippen LogP contribution >= 0.6 is 11.6 Å². The SMILES string of the molecule is OC1CC(CCCC(F)(F)F)c2c(Oc3ncc(Cl)cn3)cccc21. The average molecular weight is 373 g/mol. The Morgan fingerprint density at radius 1 is 1.24 bits per heavy atom. The highest BCUT2D eigenvalue weighted by atomic mass is 35.5. The van der Waals surface area contributed by atoms with Crippen molar-refractivity contribution in [3.63, 3.8) is 0 Å². The number of hydrogen-bond acceptors (Lipinski definition) is 4. The summed E-state index contributed by atoms with van der Waals surface area (Å²) in [4.78, 5) is 7.92. The maximum Gasteiger partial charge on any atom is 0.389 e. The van der Waals surface area contributed by atoms with Crippen LogP contribution in [0.3, 0.4) is 0 Å². The van der Waals surface area contributed by atoms with E-state index >= 15 is 0 Å². The fraction of sp³-hybridized carbons (Fsp3) is 0.412. The van der Waals surface area contributed by atoms with Crippen molar-refractivity contribution in [3.8, 4) is 11.8 Å². The number of rotatable bonds is 5. The minimum absolute atomic E-state index is 0.00606. The van der Waals surface area contributed by atoms with Crippen LogP contribution in [-0.2, 0) is 0 Å². The number of fused-ring (bicyclic) bond motifs is 1. The molecule has 3 rings (SSSR count). The molecule has 0 amide bonds. The number of aliphatic hydroxyl groups excluding tert-OH is 1. The van der Waals surface area contributed by atoms with Gasteiger partial charge in [0.25, 0.3) is 0 Å². The average Bonchev–Trinajstić information content (AvgIpc) is 2.86. The zero-order chi connectivity index (χ0) is 18.0. The van der Waals surface area contributed by atoms with Crippen molar-refractivity contribution in [3.05, 3.63) is 46.7 Å². The van der Waals surface area contributed by atoms with E-state index in [1.807, 2.05) is 0 Å². The van der Waals surface area contributed by atoms with Gasteiger partial charge in [-0.05, 0) is 36.8 Å². The predicted molar refractivity (Wildman–Crippen MR) is 85.8 cm³/mol. The van der Waals surface area contributed by atoms with Gasteiger partial charge in [-0.2, -0.15) is 13.2 Å². The number of benzene rings is 1. The van der Waals surface area contributed by atoms with Crippen LogP contribution < -0.4 is 4.74 Å². The lowest BCUT2D eigenvalue weighted by molar-refractivity contribution is -0.135. The lowest BCUT2D eigenvalue weighted by atomic mass is 9.94. The molecule has 0 saturated carbocycles. The monoisotopic (exact) mass is 372 g/mol. The minimum Gasteiger partial charge on any atom is -0.424 e. The summed E-state index contributed by atoms with van der Waals surface area (Å²) in [6.07, 6.45) is -2.22. The predicted octanol–water partition coefficient (Wildman–Crippen LogP) is 5.18. The molecule has 1 aliphatic rings. The Morgan fingerprint density at radius 3 is 2.64 bits per heavy atom. The summed E-state index contributed by atoms with van der Waals surface area (Å²) in [7, 11) is 0. The van der Waals surface area contributed by atoms with Crippen molar-refractivity contribution in [1.82, 2.24) is 9.97 Å². The van der Waals surface area contributed by atoms with Gasteiger partial charge in [-0.3, -0.25) is 0 Å². The summed E-state index contributed by atoms with van der Waals surface area (Å²) in [6.45, 7) is 0. The van der Waals surface area contributed by atoms with Crippen LogP contribution in [-0.4, -0.2) is 21.3 Å². The summed E-state index contributed by atoms with van der Waals surface area (Å²) in [5.41, 5.74) is 1.42. The summed E-state index contributed by atoms with van der Waals surface area (Å²) < 4.78 is 42.9. The molecule has 1 heterocycles. The molecule has 2 aromatic rings. The molecular weight excluding hydrogens is 357 g/mol. The molecule has 4 nitrogen and oxygen atoms in total. The number of hydrogen-bond donors (Lipinski definition) is 1. The molecule has 134 valence electrons. The molecule has 0 fully saturated rings. The third kappa shape index (κ3) is 4.41. The van der Waals surface area contributed by atoms with E-state index in [-0.39, 0.29) is 18.3 Å². The normalized spacial score (nSPS) is 19.7. The minimum atomic E-state index is -4.17. The Labute approximate surface area is 147 Å². The van der Waals surface area contributed by atoms with Crippen molar-refractivity contribution < 1.29 is 23.0 Å². The number of halogens is 4. The van der Waals surface area contributed by atoms with E-state index in [4.69, 9.17) is 16.3 Å². The largest absolute Gasteiger partial charge is 0.424 e. The molecule has 1 N–H and O–H groups in total. The number of alkyl halides is 3. The van der Waals surface area contributed by atoms with E-state index in [0.717, 1.165) is 5.56 Å². The molecule has 0 radical (unpaired) electrons. The fourth-order valence-electron chi connectivity index (χ4n) is 3.15. The van der Waals surface area contributed by atoms with Crippen LogP contribution in [0.25, 0.3) is 0 Å². The summed E-state index contributed by atoms with van der Waals surface area (Å²) in [5.74, 6) is 0.254. The maximum absolute atomic E-state index is 12.4. The molecule has 0 spiro atoms. The van der Waals surface area contributed by atoms with Crippen LogP contribution in [0.15, 0.2) is 30.6 Å². The molecular formula is C17H16ClF3N2O2. The van der Waals surface area contributed by atoms with E-state index < -0.39 is 18.7 Å². The fourth-order valence-corrected chi connectivity index (χ4v) is 3.25. The van der Waals surface area contributed by atoms with Gasteiger partial charge in [-0.25, -0.2) is 9.97 Å². The van der Waals surface area contributed by atoms with Crippen molar-refractivity contribution in [2.45, 2.75) is 43.9 Å². The zero-order valence-corrected chi connectivity index (χ0v) is 13.9. The van der Waals surface area contributed by atoms with Gasteiger partial charge >= 0.3 is 12.2 Å². The lowest BCUT2D eigenvalue weighted by Crippen LogP contribution is -2.08. The standard InChI is InChI=1S/C17H16ClF3N2O2/c18-11-8-22-16(23-9-11)25-14-5-1-4-12-13(24)7-10(15(12)14)3-2-6-17(19,20)21/h1,4-5,8-10,13,24H,2-3,6-7H2.